The summed E-state index contributed by atoms with van der Waals surface area (Å²) in [6, 6.07) is 25.6. The molecule has 0 spiro atoms. The van der Waals surface area contributed by atoms with E-state index in [4.69, 9.17) is 23.2 Å². The van der Waals surface area contributed by atoms with Gasteiger partial charge in [-0.3, -0.25) is 19.2 Å². The summed E-state index contributed by atoms with van der Waals surface area (Å²) >= 11 is 12.2. The molecule has 0 unspecified atom stereocenters. The SMILES string of the molecule is O=C(Nc1ccc(Cl)cc1C(=O)c1ccccc1)C(=O)Nc1ccc(Cl)cc1C(=O)c1ccccc1. The van der Waals surface area contributed by atoms with Crippen LogP contribution in [-0.2, 0) is 9.59 Å². The predicted octanol–water partition coefficient (Wildman–Crippen LogP) is 6.03. The monoisotopic (exact) mass is 516 g/mol. The largest absolute Gasteiger partial charge is 0.317 e. The van der Waals surface area contributed by atoms with Gasteiger partial charge in [0.25, 0.3) is 0 Å². The van der Waals surface area contributed by atoms with Crippen LogP contribution in [0.3, 0.4) is 0 Å². The normalized spacial score (nSPS) is 10.4. The van der Waals surface area contributed by atoms with E-state index in [1.807, 2.05) is 0 Å². The fourth-order valence-corrected chi connectivity index (χ4v) is 3.82. The minimum Gasteiger partial charge on any atom is -0.317 e. The molecule has 178 valence electrons. The molecule has 0 aliphatic rings. The van der Waals surface area contributed by atoms with E-state index in [1.165, 1.54) is 36.4 Å². The first-order chi connectivity index (χ1) is 17.3. The van der Waals surface area contributed by atoms with E-state index in [0.717, 1.165) is 0 Å². The van der Waals surface area contributed by atoms with Crippen molar-refractivity contribution in [1.82, 2.24) is 0 Å². The van der Waals surface area contributed by atoms with Gasteiger partial charge in [-0.25, -0.2) is 0 Å². The van der Waals surface area contributed by atoms with Gasteiger partial charge in [0.1, 0.15) is 0 Å². The highest BCUT2D eigenvalue weighted by Crippen LogP contribution is 2.26. The van der Waals surface area contributed by atoms with Gasteiger partial charge in [-0.1, -0.05) is 83.9 Å². The average molecular weight is 517 g/mol. The van der Waals surface area contributed by atoms with Crippen LogP contribution in [0, 0.1) is 0 Å². The molecule has 6 nitrogen and oxygen atoms in total. The Hall–Kier alpha value is -4.26. The van der Waals surface area contributed by atoms with Crippen molar-refractivity contribution in [2.75, 3.05) is 10.6 Å². The third kappa shape index (κ3) is 5.68. The molecule has 0 atom stereocenters. The van der Waals surface area contributed by atoms with Crippen molar-refractivity contribution in [2.45, 2.75) is 0 Å². The number of carbonyl (C=O) groups is 4. The molecule has 0 fully saturated rings. The molecule has 36 heavy (non-hydrogen) atoms. The number of benzene rings is 4. The quantitative estimate of drug-likeness (QED) is 0.241. The van der Waals surface area contributed by atoms with E-state index in [2.05, 4.69) is 10.6 Å². The molecule has 4 rings (SSSR count). The van der Waals surface area contributed by atoms with Crippen molar-refractivity contribution in [2.24, 2.45) is 0 Å². The summed E-state index contributed by atoms with van der Waals surface area (Å²) in [6.45, 7) is 0. The summed E-state index contributed by atoms with van der Waals surface area (Å²) in [4.78, 5) is 51.5. The Balaban J connectivity index is 1.57. The van der Waals surface area contributed by atoms with Crippen LogP contribution in [0.5, 0.6) is 0 Å². The first kappa shape index (κ1) is 24.9. The number of amides is 2. The molecule has 2 amide bonds. The van der Waals surface area contributed by atoms with Crippen LogP contribution < -0.4 is 10.6 Å². The lowest BCUT2D eigenvalue weighted by Crippen LogP contribution is -2.30. The number of hydrogen-bond donors (Lipinski definition) is 2. The van der Waals surface area contributed by atoms with Crippen molar-refractivity contribution in [3.8, 4) is 0 Å². The number of halogens is 2. The second-order valence-electron chi connectivity index (χ2n) is 7.68. The van der Waals surface area contributed by atoms with E-state index in [9.17, 15) is 19.2 Å². The van der Waals surface area contributed by atoms with Crippen LogP contribution >= 0.6 is 23.2 Å². The third-order valence-electron chi connectivity index (χ3n) is 5.23. The molecule has 0 heterocycles. The predicted molar refractivity (Wildman–Crippen MR) is 140 cm³/mol. The van der Waals surface area contributed by atoms with Crippen molar-refractivity contribution >= 4 is 58.0 Å². The van der Waals surface area contributed by atoms with E-state index in [0.29, 0.717) is 21.2 Å². The minimum atomic E-state index is -1.03. The Morgan fingerprint density at radius 2 is 0.861 bits per heavy atom. The van der Waals surface area contributed by atoms with Gasteiger partial charge >= 0.3 is 11.8 Å². The molecule has 4 aromatic carbocycles. The zero-order valence-electron chi connectivity index (χ0n) is 18.6. The van der Waals surface area contributed by atoms with E-state index >= 15 is 0 Å². The highest BCUT2D eigenvalue weighted by molar-refractivity contribution is 6.44. The standard InChI is InChI=1S/C28H18Cl2N2O4/c29-19-11-13-23(21(15-19)25(33)17-7-3-1-4-8-17)31-27(35)28(36)32-24-14-12-20(30)16-22(24)26(34)18-9-5-2-6-10-18/h1-16H,(H,31,35)(H,32,36). The van der Waals surface area contributed by atoms with Crippen molar-refractivity contribution in [3.05, 3.63) is 129 Å². The highest BCUT2D eigenvalue weighted by Gasteiger charge is 2.22. The number of nitrogens with one attached hydrogen (secondary N) is 2. The molecule has 4 aromatic rings. The second-order valence-corrected chi connectivity index (χ2v) is 8.55. The van der Waals surface area contributed by atoms with Gasteiger partial charge in [0, 0.05) is 32.3 Å². The van der Waals surface area contributed by atoms with Gasteiger partial charge in [0.05, 0.1) is 11.4 Å². The summed E-state index contributed by atoms with van der Waals surface area (Å²) in [6.07, 6.45) is 0. The lowest BCUT2D eigenvalue weighted by Gasteiger charge is -2.13. The number of ketones is 2. The Labute approximate surface area is 216 Å². The summed E-state index contributed by atoms with van der Waals surface area (Å²) in [5, 5.41) is 5.50. The summed E-state index contributed by atoms with van der Waals surface area (Å²) in [7, 11) is 0. The van der Waals surface area contributed by atoms with Gasteiger partial charge < -0.3 is 10.6 Å². The van der Waals surface area contributed by atoms with Gasteiger partial charge in [0.2, 0.25) is 0 Å². The zero-order valence-corrected chi connectivity index (χ0v) is 20.1. The minimum absolute atomic E-state index is 0.116. The fourth-order valence-electron chi connectivity index (χ4n) is 3.47. The van der Waals surface area contributed by atoms with E-state index < -0.39 is 11.8 Å². The number of hydrogen-bond acceptors (Lipinski definition) is 4. The summed E-state index contributed by atoms with van der Waals surface area (Å²) in [5.74, 6) is -2.82. The topological polar surface area (TPSA) is 92.3 Å². The van der Waals surface area contributed by atoms with Gasteiger partial charge in [-0.15, -0.1) is 0 Å². The molecule has 0 aliphatic heterocycles. The first-order valence-corrected chi connectivity index (χ1v) is 11.5. The second kappa shape index (κ2) is 11.0. The number of rotatable bonds is 6. The van der Waals surface area contributed by atoms with Crippen LogP contribution in [0.2, 0.25) is 10.0 Å². The van der Waals surface area contributed by atoms with Crippen LogP contribution in [0.4, 0.5) is 11.4 Å². The van der Waals surface area contributed by atoms with Gasteiger partial charge in [0.15, 0.2) is 11.6 Å². The molecular formula is C28H18Cl2N2O4. The Kier molecular flexibility index (Phi) is 7.59. The van der Waals surface area contributed by atoms with Crippen LogP contribution in [-0.4, -0.2) is 23.4 Å². The van der Waals surface area contributed by atoms with Crippen LogP contribution in [0.1, 0.15) is 31.8 Å². The van der Waals surface area contributed by atoms with E-state index in [-0.39, 0.29) is 34.1 Å². The average Bonchev–Trinajstić information content (AvgIpc) is 2.90. The van der Waals surface area contributed by atoms with Crippen molar-refractivity contribution in [3.63, 3.8) is 0 Å². The first-order valence-electron chi connectivity index (χ1n) is 10.7. The smallest absolute Gasteiger partial charge is 0.314 e. The molecule has 0 bridgehead atoms. The molecule has 0 aromatic heterocycles. The Morgan fingerprint density at radius 1 is 0.500 bits per heavy atom. The maximum atomic E-state index is 13.0. The third-order valence-corrected chi connectivity index (χ3v) is 5.70. The molecule has 2 N–H and O–H groups in total. The summed E-state index contributed by atoms with van der Waals surface area (Å²) in [5.41, 5.74) is 1.27. The molecular weight excluding hydrogens is 499 g/mol. The molecule has 0 radical (unpaired) electrons. The van der Waals surface area contributed by atoms with E-state index in [1.54, 1.807) is 60.7 Å². The number of anilines is 2. The molecule has 0 saturated carbocycles. The number of carbonyl (C=O) groups excluding carboxylic acids is 4. The Morgan fingerprint density at radius 3 is 1.22 bits per heavy atom. The van der Waals surface area contributed by atoms with Crippen molar-refractivity contribution in [1.29, 1.82) is 0 Å². The lowest BCUT2D eigenvalue weighted by molar-refractivity contribution is -0.133. The van der Waals surface area contributed by atoms with Gasteiger partial charge in [-0.05, 0) is 36.4 Å². The van der Waals surface area contributed by atoms with Crippen molar-refractivity contribution < 1.29 is 19.2 Å². The molecule has 8 heteroatoms. The Bertz CT molecular complexity index is 1360. The zero-order chi connectivity index (χ0) is 25.7. The highest BCUT2D eigenvalue weighted by atomic mass is 35.5. The molecule has 0 aliphatic carbocycles. The van der Waals surface area contributed by atoms with Crippen LogP contribution in [0.25, 0.3) is 0 Å². The van der Waals surface area contributed by atoms with Crippen LogP contribution in [0.15, 0.2) is 97.1 Å². The maximum Gasteiger partial charge on any atom is 0.314 e. The fraction of sp³-hybridized carbons (Fsp3) is 0. The summed E-state index contributed by atoms with van der Waals surface area (Å²) < 4.78 is 0. The lowest BCUT2D eigenvalue weighted by atomic mass is 10.0. The maximum absolute atomic E-state index is 13.0. The van der Waals surface area contributed by atoms with Gasteiger partial charge in [-0.2, -0.15) is 0 Å². The molecule has 0 saturated heterocycles.